The molecule has 0 bridgehead atoms. The van der Waals surface area contributed by atoms with Crippen LogP contribution in [0, 0.1) is 0 Å². The van der Waals surface area contributed by atoms with E-state index in [4.69, 9.17) is 10.5 Å². The summed E-state index contributed by atoms with van der Waals surface area (Å²) in [6, 6.07) is 9.42. The van der Waals surface area contributed by atoms with Gasteiger partial charge in [0.05, 0.1) is 6.10 Å². The largest absolute Gasteiger partial charge is 0.377 e. The van der Waals surface area contributed by atoms with Crippen molar-refractivity contribution < 1.29 is 9.53 Å². The minimum absolute atomic E-state index is 0.217. The number of likely N-dealkylation sites (tertiary alicyclic amines) is 1. The van der Waals surface area contributed by atoms with Crippen molar-refractivity contribution in [3.05, 3.63) is 35.9 Å². The highest BCUT2D eigenvalue weighted by Gasteiger charge is 2.30. The van der Waals surface area contributed by atoms with Crippen LogP contribution in [-0.2, 0) is 9.53 Å². The highest BCUT2D eigenvalue weighted by Crippen LogP contribution is 2.25. The molecule has 0 aromatic heterocycles. The summed E-state index contributed by atoms with van der Waals surface area (Å²) >= 11 is 0. The maximum atomic E-state index is 11.9. The molecule has 1 amide bonds. The highest BCUT2D eigenvalue weighted by atomic mass is 16.5. The van der Waals surface area contributed by atoms with Crippen LogP contribution in [0.2, 0.25) is 0 Å². The van der Waals surface area contributed by atoms with Gasteiger partial charge in [-0.15, -0.1) is 0 Å². The van der Waals surface area contributed by atoms with E-state index in [0.29, 0.717) is 0 Å². The van der Waals surface area contributed by atoms with Gasteiger partial charge in [0.1, 0.15) is 6.04 Å². The summed E-state index contributed by atoms with van der Waals surface area (Å²) in [5.41, 5.74) is 6.59. The van der Waals surface area contributed by atoms with E-state index in [-0.39, 0.29) is 18.1 Å². The van der Waals surface area contributed by atoms with Crippen LogP contribution >= 0.6 is 0 Å². The van der Waals surface area contributed by atoms with Crippen molar-refractivity contribution in [1.29, 1.82) is 0 Å². The van der Waals surface area contributed by atoms with Gasteiger partial charge in [-0.2, -0.15) is 0 Å². The predicted octanol–water partition coefficient (Wildman–Crippen LogP) is 2.10. The second-order valence-electron chi connectivity index (χ2n) is 5.35. The SMILES string of the molecule is CCCO[C@@H]1CCCN([C@H](C(N)=O)c2ccccc2)C1. The second-order valence-corrected chi connectivity index (χ2v) is 5.35. The first kappa shape index (κ1) is 15.0. The van der Waals surface area contributed by atoms with Crippen molar-refractivity contribution >= 4 is 5.91 Å². The first-order valence-electron chi connectivity index (χ1n) is 7.42. The maximum Gasteiger partial charge on any atom is 0.239 e. The lowest BCUT2D eigenvalue weighted by Gasteiger charge is -2.36. The van der Waals surface area contributed by atoms with E-state index in [9.17, 15) is 4.79 Å². The topological polar surface area (TPSA) is 55.6 Å². The molecule has 1 fully saturated rings. The Balaban J connectivity index is 2.07. The lowest BCUT2D eigenvalue weighted by atomic mass is 10.00. The number of amides is 1. The molecule has 2 N–H and O–H groups in total. The molecular weight excluding hydrogens is 252 g/mol. The van der Waals surface area contributed by atoms with E-state index in [1.54, 1.807) is 0 Å². The Labute approximate surface area is 120 Å². The van der Waals surface area contributed by atoms with Gasteiger partial charge in [-0.3, -0.25) is 9.69 Å². The smallest absolute Gasteiger partial charge is 0.239 e. The van der Waals surface area contributed by atoms with Crippen LogP contribution < -0.4 is 5.73 Å². The van der Waals surface area contributed by atoms with Crippen LogP contribution in [0.5, 0.6) is 0 Å². The fourth-order valence-corrected chi connectivity index (χ4v) is 2.81. The van der Waals surface area contributed by atoms with Crippen molar-refractivity contribution in [3.63, 3.8) is 0 Å². The van der Waals surface area contributed by atoms with Crippen molar-refractivity contribution in [2.24, 2.45) is 5.73 Å². The Morgan fingerprint density at radius 1 is 1.45 bits per heavy atom. The Morgan fingerprint density at radius 3 is 2.85 bits per heavy atom. The van der Waals surface area contributed by atoms with Gasteiger partial charge in [-0.25, -0.2) is 0 Å². The van der Waals surface area contributed by atoms with Gasteiger partial charge in [0.25, 0.3) is 0 Å². The lowest BCUT2D eigenvalue weighted by molar-refractivity contribution is -0.125. The van der Waals surface area contributed by atoms with Crippen LogP contribution in [0.25, 0.3) is 0 Å². The van der Waals surface area contributed by atoms with E-state index < -0.39 is 0 Å². The standard InChI is InChI=1S/C16H24N2O2/c1-2-11-20-14-9-6-10-18(12-14)15(16(17)19)13-7-4-3-5-8-13/h3-5,7-8,14-15H,2,6,9-12H2,1H3,(H2,17,19)/t14-,15+/m1/s1. The summed E-state index contributed by atoms with van der Waals surface area (Å²) in [4.78, 5) is 14.0. The van der Waals surface area contributed by atoms with Crippen molar-refractivity contribution in [2.45, 2.75) is 38.3 Å². The fourth-order valence-electron chi connectivity index (χ4n) is 2.81. The van der Waals surface area contributed by atoms with Crippen molar-refractivity contribution in [2.75, 3.05) is 19.7 Å². The molecule has 0 radical (unpaired) electrons. The van der Waals surface area contributed by atoms with Gasteiger partial charge in [0.2, 0.25) is 5.91 Å². The summed E-state index contributed by atoms with van der Waals surface area (Å²) in [5.74, 6) is -0.285. The number of primary amides is 1. The monoisotopic (exact) mass is 276 g/mol. The molecule has 1 saturated heterocycles. The van der Waals surface area contributed by atoms with Gasteiger partial charge in [-0.05, 0) is 31.4 Å². The van der Waals surface area contributed by atoms with Crippen LogP contribution in [0.15, 0.2) is 30.3 Å². The molecule has 1 aromatic carbocycles. The third-order valence-electron chi connectivity index (χ3n) is 3.72. The Morgan fingerprint density at radius 2 is 2.20 bits per heavy atom. The molecule has 0 spiro atoms. The molecule has 1 aliphatic heterocycles. The summed E-state index contributed by atoms with van der Waals surface area (Å²) in [6.45, 7) is 4.57. The molecule has 1 aliphatic rings. The maximum absolute atomic E-state index is 11.9. The molecule has 1 aromatic rings. The molecule has 2 atom stereocenters. The van der Waals surface area contributed by atoms with E-state index in [1.165, 1.54) is 0 Å². The second kappa shape index (κ2) is 7.41. The molecule has 2 rings (SSSR count). The number of ether oxygens (including phenoxy) is 1. The lowest BCUT2D eigenvalue weighted by Crippen LogP contribution is -2.46. The first-order valence-corrected chi connectivity index (χ1v) is 7.42. The normalized spacial score (nSPS) is 21.6. The Kier molecular flexibility index (Phi) is 5.56. The van der Waals surface area contributed by atoms with Gasteiger partial charge in [0, 0.05) is 13.2 Å². The predicted molar refractivity (Wildman–Crippen MR) is 79.2 cm³/mol. The quantitative estimate of drug-likeness (QED) is 0.865. The van der Waals surface area contributed by atoms with Crippen LogP contribution in [0.4, 0.5) is 0 Å². The number of piperidine rings is 1. The number of nitrogens with two attached hydrogens (primary N) is 1. The molecule has 0 aliphatic carbocycles. The summed E-state index contributed by atoms with van der Waals surface area (Å²) in [7, 11) is 0. The average molecular weight is 276 g/mol. The molecule has 0 unspecified atom stereocenters. The summed E-state index contributed by atoms with van der Waals surface area (Å²) < 4.78 is 5.83. The number of nitrogens with zero attached hydrogens (tertiary/aromatic N) is 1. The van der Waals surface area contributed by atoms with E-state index in [0.717, 1.165) is 44.5 Å². The third kappa shape index (κ3) is 3.81. The van der Waals surface area contributed by atoms with E-state index in [1.807, 2.05) is 30.3 Å². The zero-order valence-electron chi connectivity index (χ0n) is 12.1. The molecule has 110 valence electrons. The van der Waals surface area contributed by atoms with Crippen LogP contribution in [-0.4, -0.2) is 36.6 Å². The van der Waals surface area contributed by atoms with Crippen LogP contribution in [0.3, 0.4) is 0 Å². The Bertz CT molecular complexity index is 422. The number of carbonyl (C=O) groups is 1. The Hall–Kier alpha value is -1.39. The van der Waals surface area contributed by atoms with Gasteiger partial charge in [-0.1, -0.05) is 37.3 Å². The number of rotatable bonds is 6. The number of hydrogen-bond donors (Lipinski definition) is 1. The van der Waals surface area contributed by atoms with E-state index >= 15 is 0 Å². The molecule has 4 heteroatoms. The zero-order chi connectivity index (χ0) is 14.4. The molecule has 1 heterocycles. The zero-order valence-corrected chi connectivity index (χ0v) is 12.1. The fraction of sp³-hybridized carbons (Fsp3) is 0.562. The molecule has 20 heavy (non-hydrogen) atoms. The first-order chi connectivity index (χ1) is 9.72. The molecule has 0 saturated carbocycles. The molecular formula is C16H24N2O2. The number of carbonyl (C=O) groups excluding carboxylic acids is 1. The van der Waals surface area contributed by atoms with Gasteiger partial charge >= 0.3 is 0 Å². The average Bonchev–Trinajstić information content (AvgIpc) is 2.46. The third-order valence-corrected chi connectivity index (χ3v) is 3.72. The van der Waals surface area contributed by atoms with E-state index in [2.05, 4.69) is 11.8 Å². The van der Waals surface area contributed by atoms with Gasteiger partial charge in [0.15, 0.2) is 0 Å². The minimum Gasteiger partial charge on any atom is -0.377 e. The minimum atomic E-state index is -0.343. The van der Waals surface area contributed by atoms with Crippen molar-refractivity contribution in [3.8, 4) is 0 Å². The number of benzene rings is 1. The van der Waals surface area contributed by atoms with Gasteiger partial charge < -0.3 is 10.5 Å². The highest BCUT2D eigenvalue weighted by molar-refractivity contribution is 5.81. The van der Waals surface area contributed by atoms with Crippen molar-refractivity contribution in [1.82, 2.24) is 4.90 Å². The summed E-state index contributed by atoms with van der Waals surface area (Å²) in [6.07, 6.45) is 3.35. The molecule has 4 nitrogen and oxygen atoms in total. The number of hydrogen-bond acceptors (Lipinski definition) is 3. The van der Waals surface area contributed by atoms with Crippen LogP contribution in [0.1, 0.15) is 37.8 Å². The summed E-state index contributed by atoms with van der Waals surface area (Å²) in [5, 5.41) is 0.